The van der Waals surface area contributed by atoms with Gasteiger partial charge in [0.05, 0.1) is 0 Å². The maximum absolute atomic E-state index is 5.96. The Kier molecular flexibility index (Phi) is 3.84. The van der Waals surface area contributed by atoms with Gasteiger partial charge < -0.3 is 10.5 Å². The van der Waals surface area contributed by atoms with E-state index in [1.165, 1.54) is 0 Å². The number of ether oxygens (including phenoxy) is 1. The zero-order valence-corrected chi connectivity index (χ0v) is 11.1. The minimum atomic E-state index is -0.0395. The number of halogens is 1. The maximum atomic E-state index is 5.96. The van der Waals surface area contributed by atoms with Crippen LogP contribution in [0.1, 0.15) is 24.1 Å². The second kappa shape index (κ2) is 5.38. The van der Waals surface area contributed by atoms with Gasteiger partial charge in [-0.05, 0) is 49.2 Å². The van der Waals surface area contributed by atoms with E-state index in [0.29, 0.717) is 11.6 Å². The molecule has 4 heteroatoms. The molecule has 18 heavy (non-hydrogen) atoms. The van der Waals surface area contributed by atoms with E-state index in [4.69, 9.17) is 22.1 Å². The fraction of sp³-hybridized carbons (Fsp3) is 0.214. The van der Waals surface area contributed by atoms with Gasteiger partial charge in [0.15, 0.2) is 0 Å². The third kappa shape index (κ3) is 3.00. The van der Waals surface area contributed by atoms with Gasteiger partial charge in [0.1, 0.15) is 5.75 Å². The molecule has 3 nitrogen and oxygen atoms in total. The summed E-state index contributed by atoms with van der Waals surface area (Å²) in [5.41, 5.74) is 7.78. The van der Waals surface area contributed by atoms with Gasteiger partial charge in [-0.3, -0.25) is 0 Å². The van der Waals surface area contributed by atoms with Crippen LogP contribution in [0, 0.1) is 6.92 Å². The summed E-state index contributed by atoms with van der Waals surface area (Å²) >= 11 is 5.96. The molecule has 1 aromatic heterocycles. The van der Waals surface area contributed by atoms with Crippen molar-refractivity contribution in [3.63, 3.8) is 0 Å². The van der Waals surface area contributed by atoms with E-state index in [0.717, 1.165) is 16.1 Å². The lowest BCUT2D eigenvalue weighted by molar-refractivity contribution is 0.461. The Hall–Kier alpha value is -1.58. The molecule has 0 aliphatic rings. The number of rotatable bonds is 3. The zero-order valence-electron chi connectivity index (χ0n) is 10.4. The Bertz CT molecular complexity index is 555. The van der Waals surface area contributed by atoms with Gasteiger partial charge in [-0.2, -0.15) is 0 Å². The number of pyridine rings is 1. The molecule has 0 saturated carbocycles. The topological polar surface area (TPSA) is 48.1 Å². The summed E-state index contributed by atoms with van der Waals surface area (Å²) in [5, 5.41) is 0.722. The Labute approximate surface area is 112 Å². The van der Waals surface area contributed by atoms with Gasteiger partial charge in [-0.25, -0.2) is 4.98 Å². The van der Waals surface area contributed by atoms with Crippen molar-refractivity contribution in [1.29, 1.82) is 0 Å². The first-order valence-electron chi connectivity index (χ1n) is 5.72. The molecule has 0 fully saturated rings. The van der Waals surface area contributed by atoms with Gasteiger partial charge in [-0.1, -0.05) is 11.6 Å². The lowest BCUT2D eigenvalue weighted by Crippen LogP contribution is -2.05. The van der Waals surface area contributed by atoms with Crippen molar-refractivity contribution < 1.29 is 4.74 Å². The average molecular weight is 263 g/mol. The van der Waals surface area contributed by atoms with Gasteiger partial charge in [0, 0.05) is 23.3 Å². The molecule has 1 aromatic carbocycles. The molecular formula is C14H15ClN2O. The van der Waals surface area contributed by atoms with Crippen molar-refractivity contribution in [3.8, 4) is 11.6 Å². The number of nitrogens with two attached hydrogens (primary N) is 1. The Balaban J connectivity index is 2.23. The molecule has 0 radical (unpaired) electrons. The number of aryl methyl sites for hydroxylation is 1. The quantitative estimate of drug-likeness (QED) is 0.914. The van der Waals surface area contributed by atoms with Crippen LogP contribution >= 0.6 is 11.6 Å². The standard InChI is InChI=1S/C14H15ClN2O/c1-9-7-12(3-4-13(9)15)18-14-8-11(10(2)16)5-6-17-14/h3-8,10H,16H2,1-2H3. The molecule has 1 heterocycles. The zero-order chi connectivity index (χ0) is 13.1. The highest BCUT2D eigenvalue weighted by atomic mass is 35.5. The van der Waals surface area contributed by atoms with Crippen LogP contribution in [0.3, 0.4) is 0 Å². The van der Waals surface area contributed by atoms with Crippen molar-refractivity contribution in [3.05, 3.63) is 52.7 Å². The van der Waals surface area contributed by atoms with Crippen LogP contribution < -0.4 is 10.5 Å². The second-order valence-corrected chi connectivity index (χ2v) is 4.64. The predicted octanol–water partition coefficient (Wildman–Crippen LogP) is 3.86. The molecule has 2 aromatic rings. The monoisotopic (exact) mass is 262 g/mol. The molecule has 0 amide bonds. The third-order valence-electron chi connectivity index (χ3n) is 2.64. The Morgan fingerprint density at radius 3 is 2.72 bits per heavy atom. The molecule has 94 valence electrons. The van der Waals surface area contributed by atoms with Crippen molar-refractivity contribution >= 4 is 11.6 Å². The molecule has 0 aliphatic heterocycles. The van der Waals surface area contributed by atoms with E-state index in [9.17, 15) is 0 Å². The highest BCUT2D eigenvalue weighted by molar-refractivity contribution is 6.31. The molecule has 2 N–H and O–H groups in total. The molecular weight excluding hydrogens is 248 g/mol. The third-order valence-corrected chi connectivity index (χ3v) is 3.06. The highest BCUT2D eigenvalue weighted by Gasteiger charge is 2.04. The van der Waals surface area contributed by atoms with Crippen LogP contribution in [-0.4, -0.2) is 4.98 Å². The van der Waals surface area contributed by atoms with Crippen molar-refractivity contribution in [2.45, 2.75) is 19.9 Å². The van der Waals surface area contributed by atoms with Crippen LogP contribution in [-0.2, 0) is 0 Å². The number of aromatic nitrogens is 1. The average Bonchev–Trinajstić information content (AvgIpc) is 2.34. The molecule has 0 bridgehead atoms. The highest BCUT2D eigenvalue weighted by Crippen LogP contribution is 2.25. The number of hydrogen-bond acceptors (Lipinski definition) is 3. The van der Waals surface area contributed by atoms with Crippen LogP contribution in [0.4, 0.5) is 0 Å². The summed E-state index contributed by atoms with van der Waals surface area (Å²) in [6.45, 7) is 3.85. The summed E-state index contributed by atoms with van der Waals surface area (Å²) in [5.74, 6) is 1.25. The van der Waals surface area contributed by atoms with E-state index < -0.39 is 0 Å². The van der Waals surface area contributed by atoms with E-state index >= 15 is 0 Å². The minimum absolute atomic E-state index is 0.0395. The van der Waals surface area contributed by atoms with E-state index in [2.05, 4.69) is 4.98 Å². The SMILES string of the molecule is Cc1cc(Oc2cc(C(C)N)ccn2)ccc1Cl. The summed E-state index contributed by atoms with van der Waals surface area (Å²) in [6, 6.07) is 9.18. The van der Waals surface area contributed by atoms with Crippen molar-refractivity contribution in [2.75, 3.05) is 0 Å². The summed E-state index contributed by atoms with van der Waals surface area (Å²) in [7, 11) is 0. The van der Waals surface area contributed by atoms with Gasteiger partial charge in [0.2, 0.25) is 5.88 Å². The predicted molar refractivity (Wildman–Crippen MR) is 73.1 cm³/mol. The van der Waals surface area contributed by atoms with E-state index in [1.807, 2.05) is 44.2 Å². The Morgan fingerprint density at radius 1 is 1.28 bits per heavy atom. The van der Waals surface area contributed by atoms with Crippen molar-refractivity contribution in [1.82, 2.24) is 4.98 Å². The van der Waals surface area contributed by atoms with Gasteiger partial charge >= 0.3 is 0 Å². The van der Waals surface area contributed by atoms with E-state index in [1.54, 1.807) is 6.20 Å². The smallest absolute Gasteiger partial charge is 0.219 e. The van der Waals surface area contributed by atoms with E-state index in [-0.39, 0.29) is 6.04 Å². The van der Waals surface area contributed by atoms with Gasteiger partial charge in [0.25, 0.3) is 0 Å². The largest absolute Gasteiger partial charge is 0.439 e. The fourth-order valence-corrected chi connectivity index (χ4v) is 1.68. The van der Waals surface area contributed by atoms with Crippen LogP contribution in [0.15, 0.2) is 36.5 Å². The maximum Gasteiger partial charge on any atom is 0.219 e. The summed E-state index contributed by atoms with van der Waals surface area (Å²) in [6.07, 6.45) is 1.69. The molecule has 2 rings (SSSR count). The van der Waals surface area contributed by atoms with Crippen LogP contribution in [0.2, 0.25) is 5.02 Å². The first-order chi connectivity index (χ1) is 8.56. The second-order valence-electron chi connectivity index (χ2n) is 4.23. The van der Waals surface area contributed by atoms with Crippen LogP contribution in [0.5, 0.6) is 11.6 Å². The molecule has 0 aliphatic carbocycles. The first-order valence-corrected chi connectivity index (χ1v) is 6.09. The summed E-state index contributed by atoms with van der Waals surface area (Å²) in [4.78, 5) is 4.16. The molecule has 0 spiro atoms. The van der Waals surface area contributed by atoms with Gasteiger partial charge in [-0.15, -0.1) is 0 Å². The Morgan fingerprint density at radius 2 is 2.06 bits per heavy atom. The van der Waals surface area contributed by atoms with Crippen molar-refractivity contribution in [2.24, 2.45) is 5.73 Å². The number of hydrogen-bond donors (Lipinski definition) is 1. The number of benzene rings is 1. The summed E-state index contributed by atoms with van der Waals surface area (Å²) < 4.78 is 5.68. The lowest BCUT2D eigenvalue weighted by Gasteiger charge is -2.09. The molecule has 0 saturated heterocycles. The fourth-order valence-electron chi connectivity index (χ4n) is 1.57. The molecule has 1 atom stereocenters. The molecule has 1 unspecified atom stereocenters. The number of nitrogens with zero attached hydrogens (tertiary/aromatic N) is 1. The van der Waals surface area contributed by atoms with Crippen LogP contribution in [0.25, 0.3) is 0 Å². The normalized spacial score (nSPS) is 12.2. The lowest BCUT2D eigenvalue weighted by atomic mass is 10.1. The minimum Gasteiger partial charge on any atom is -0.439 e. The first kappa shape index (κ1) is 12.9.